The van der Waals surface area contributed by atoms with Gasteiger partial charge in [-0.15, -0.1) is 0 Å². The Hall–Kier alpha value is 0.310. The van der Waals surface area contributed by atoms with Crippen molar-refractivity contribution in [3.8, 4) is 0 Å². The van der Waals surface area contributed by atoms with Gasteiger partial charge in [-0.2, -0.15) is 0 Å². The fourth-order valence-corrected chi connectivity index (χ4v) is 1.49. The maximum Gasteiger partial charge on any atom is 0.117 e. The molecule has 0 saturated carbocycles. The summed E-state index contributed by atoms with van der Waals surface area (Å²) in [6.07, 6.45) is 1.76. The van der Waals surface area contributed by atoms with Crippen LogP contribution in [-0.4, -0.2) is 16.1 Å². The summed E-state index contributed by atoms with van der Waals surface area (Å²) >= 11 is -0.680. The molecular weight excluding hydrogens is 132 g/mol. The zero-order chi connectivity index (χ0) is 7.65. The summed E-state index contributed by atoms with van der Waals surface area (Å²) in [6, 6.07) is 0. The van der Waals surface area contributed by atoms with Gasteiger partial charge in [0.2, 0.25) is 0 Å². The van der Waals surface area contributed by atoms with Gasteiger partial charge in [-0.05, 0) is 6.92 Å². The third-order valence-electron chi connectivity index (χ3n) is 1.72. The molecule has 0 aromatic rings. The van der Waals surface area contributed by atoms with E-state index in [9.17, 15) is 4.55 Å². The molecule has 2 atom stereocenters. The largest absolute Gasteiger partial charge is 0.616 e. The summed E-state index contributed by atoms with van der Waals surface area (Å²) in [7, 11) is 0. The molecule has 0 fully saturated rings. The lowest BCUT2D eigenvalue weighted by Gasteiger charge is -2.26. The van der Waals surface area contributed by atoms with Crippen LogP contribution in [0.3, 0.4) is 0 Å². The van der Waals surface area contributed by atoms with Gasteiger partial charge < -0.3 is 4.55 Å². The molecule has 56 valence electrons. The first-order valence-electron chi connectivity index (χ1n) is 3.18. The highest BCUT2D eigenvalue weighted by Crippen LogP contribution is 2.24. The molecule has 0 rings (SSSR count). The highest BCUT2D eigenvalue weighted by Gasteiger charge is 2.27. The van der Waals surface area contributed by atoms with Crippen LogP contribution in [0, 0.1) is 5.41 Å². The Labute approximate surface area is 61.0 Å². The van der Waals surface area contributed by atoms with E-state index in [-0.39, 0.29) is 10.7 Å². The van der Waals surface area contributed by atoms with E-state index in [0.717, 1.165) is 0 Å². The van der Waals surface area contributed by atoms with Crippen LogP contribution >= 0.6 is 0 Å². The molecular formula is C7H16OS. The fraction of sp³-hybridized carbons (Fsp3) is 1.00. The van der Waals surface area contributed by atoms with E-state index in [4.69, 9.17) is 0 Å². The Morgan fingerprint density at radius 1 is 1.33 bits per heavy atom. The van der Waals surface area contributed by atoms with Gasteiger partial charge in [-0.25, -0.2) is 0 Å². The maximum absolute atomic E-state index is 10.9. The van der Waals surface area contributed by atoms with E-state index in [1.165, 1.54) is 0 Å². The number of rotatable bonds is 1. The summed E-state index contributed by atoms with van der Waals surface area (Å²) in [5.41, 5.74) is 0.180. The van der Waals surface area contributed by atoms with Crippen molar-refractivity contribution in [3.63, 3.8) is 0 Å². The Bertz CT molecular complexity index is 83.4. The quantitative estimate of drug-likeness (QED) is 0.520. The van der Waals surface area contributed by atoms with E-state index in [1.54, 1.807) is 6.26 Å². The van der Waals surface area contributed by atoms with Gasteiger partial charge in [0, 0.05) is 5.41 Å². The van der Waals surface area contributed by atoms with Crippen LogP contribution in [0.5, 0.6) is 0 Å². The molecule has 0 saturated heterocycles. The normalized spacial score (nSPS) is 19.3. The highest BCUT2D eigenvalue weighted by atomic mass is 32.2. The van der Waals surface area contributed by atoms with Crippen LogP contribution < -0.4 is 0 Å². The summed E-state index contributed by atoms with van der Waals surface area (Å²) < 4.78 is 10.9. The predicted molar refractivity (Wildman–Crippen MR) is 43.0 cm³/mol. The van der Waals surface area contributed by atoms with Crippen molar-refractivity contribution in [2.75, 3.05) is 6.26 Å². The van der Waals surface area contributed by atoms with Gasteiger partial charge in [-0.3, -0.25) is 0 Å². The molecule has 0 aliphatic rings. The smallest absolute Gasteiger partial charge is 0.117 e. The molecule has 0 spiro atoms. The third-order valence-corrected chi connectivity index (χ3v) is 3.42. The molecule has 0 aromatic heterocycles. The number of hydrogen-bond acceptors (Lipinski definition) is 1. The maximum atomic E-state index is 10.9. The average Bonchev–Trinajstić information content (AvgIpc) is 1.62. The van der Waals surface area contributed by atoms with E-state index >= 15 is 0 Å². The Kier molecular flexibility index (Phi) is 3.03. The lowest BCUT2D eigenvalue weighted by atomic mass is 9.93. The van der Waals surface area contributed by atoms with E-state index in [0.29, 0.717) is 0 Å². The van der Waals surface area contributed by atoms with Gasteiger partial charge in [0.25, 0.3) is 0 Å². The molecule has 0 bridgehead atoms. The standard InChI is InChI=1S/C7H16OS/c1-6(9(5)8)7(2,3)4/h6H,1-5H3/t6?,9-/m1/s1. The second-order valence-corrected chi connectivity index (χ2v) is 5.21. The van der Waals surface area contributed by atoms with Crippen molar-refractivity contribution in [3.05, 3.63) is 0 Å². The minimum Gasteiger partial charge on any atom is -0.616 e. The summed E-state index contributed by atoms with van der Waals surface area (Å²) in [5, 5.41) is 0.289. The molecule has 0 aliphatic carbocycles. The first-order valence-corrected chi connectivity index (χ1v) is 4.80. The van der Waals surface area contributed by atoms with Crippen LogP contribution in [0.25, 0.3) is 0 Å². The molecule has 1 unspecified atom stereocenters. The van der Waals surface area contributed by atoms with Gasteiger partial charge >= 0.3 is 0 Å². The van der Waals surface area contributed by atoms with Crippen LogP contribution in [0.15, 0.2) is 0 Å². The molecule has 0 N–H and O–H groups in total. The zero-order valence-electron chi connectivity index (χ0n) is 6.89. The topological polar surface area (TPSA) is 23.1 Å². The Balaban J connectivity index is 3.88. The van der Waals surface area contributed by atoms with E-state index in [1.807, 2.05) is 6.92 Å². The van der Waals surface area contributed by atoms with Crippen molar-refractivity contribution in [1.82, 2.24) is 0 Å². The van der Waals surface area contributed by atoms with Crippen LogP contribution in [-0.2, 0) is 11.2 Å². The van der Waals surface area contributed by atoms with Crippen molar-refractivity contribution in [1.29, 1.82) is 0 Å². The average molecular weight is 148 g/mol. The zero-order valence-corrected chi connectivity index (χ0v) is 7.71. The van der Waals surface area contributed by atoms with Crippen LogP contribution in [0.1, 0.15) is 27.7 Å². The first kappa shape index (κ1) is 9.31. The molecule has 9 heavy (non-hydrogen) atoms. The van der Waals surface area contributed by atoms with Gasteiger partial charge in [0.1, 0.15) is 5.25 Å². The second-order valence-electron chi connectivity index (χ2n) is 3.51. The van der Waals surface area contributed by atoms with Crippen LogP contribution in [0.4, 0.5) is 0 Å². The first-order chi connectivity index (χ1) is 3.85. The van der Waals surface area contributed by atoms with Crippen molar-refractivity contribution >= 4 is 11.2 Å². The molecule has 0 amide bonds. The molecule has 0 aromatic carbocycles. The monoisotopic (exact) mass is 148 g/mol. The molecule has 1 nitrogen and oxygen atoms in total. The van der Waals surface area contributed by atoms with Crippen molar-refractivity contribution < 1.29 is 4.55 Å². The SMILES string of the molecule is CC([S@@+](C)[O-])C(C)(C)C. The number of hydrogen-bond donors (Lipinski definition) is 0. The van der Waals surface area contributed by atoms with Gasteiger partial charge in [0.15, 0.2) is 0 Å². The Morgan fingerprint density at radius 2 is 1.67 bits per heavy atom. The minimum atomic E-state index is -0.680. The summed E-state index contributed by atoms with van der Waals surface area (Å²) in [5.74, 6) is 0. The molecule has 0 aliphatic heterocycles. The van der Waals surface area contributed by atoms with Crippen molar-refractivity contribution in [2.45, 2.75) is 32.9 Å². The lowest BCUT2D eigenvalue weighted by Crippen LogP contribution is -2.30. The molecule has 0 radical (unpaired) electrons. The predicted octanol–water partition coefficient (Wildman–Crippen LogP) is 1.80. The fourth-order valence-electron chi connectivity index (χ4n) is 0.498. The summed E-state index contributed by atoms with van der Waals surface area (Å²) in [4.78, 5) is 0. The Morgan fingerprint density at radius 3 is 1.67 bits per heavy atom. The minimum absolute atomic E-state index is 0.180. The van der Waals surface area contributed by atoms with Gasteiger partial charge in [0.05, 0.1) is 6.26 Å². The summed E-state index contributed by atoms with van der Waals surface area (Å²) in [6.45, 7) is 8.35. The highest BCUT2D eigenvalue weighted by molar-refractivity contribution is 7.91. The third kappa shape index (κ3) is 3.11. The van der Waals surface area contributed by atoms with E-state index in [2.05, 4.69) is 20.8 Å². The van der Waals surface area contributed by atoms with E-state index < -0.39 is 11.2 Å². The van der Waals surface area contributed by atoms with Crippen molar-refractivity contribution in [2.24, 2.45) is 5.41 Å². The van der Waals surface area contributed by atoms with Crippen LogP contribution in [0.2, 0.25) is 0 Å². The van der Waals surface area contributed by atoms with Gasteiger partial charge in [-0.1, -0.05) is 31.9 Å². The molecule has 0 heterocycles. The molecule has 2 heteroatoms. The lowest BCUT2D eigenvalue weighted by molar-refractivity contribution is 0.393. The second kappa shape index (κ2) is 2.93.